The molecule has 2 radical (unpaired) electrons. The Balaban J connectivity index is 2.55. The van der Waals surface area contributed by atoms with Gasteiger partial charge in [0.25, 0.3) is 0 Å². The van der Waals surface area contributed by atoms with Crippen molar-refractivity contribution in [1.29, 1.82) is 0 Å². The van der Waals surface area contributed by atoms with Gasteiger partial charge in [0.2, 0.25) is 0 Å². The molecule has 0 saturated carbocycles. The van der Waals surface area contributed by atoms with E-state index in [-0.39, 0.29) is 6.10 Å². The van der Waals surface area contributed by atoms with Crippen molar-refractivity contribution in [3.63, 3.8) is 0 Å². The molecular weight excluding hydrogens is 175 g/mol. The van der Waals surface area contributed by atoms with E-state index in [0.717, 1.165) is 12.0 Å². The number of ether oxygens (including phenoxy) is 1. The van der Waals surface area contributed by atoms with Crippen LogP contribution in [0.2, 0.25) is 0 Å². The predicted octanol–water partition coefficient (Wildman–Crippen LogP) is 2.60. The third-order valence-corrected chi connectivity index (χ3v) is 1.77. The molecule has 0 amide bonds. The number of hydrogen-bond acceptors (Lipinski definition) is 2. The Morgan fingerprint density at radius 2 is 2.50 bits per heavy atom. The Morgan fingerprint density at radius 1 is 1.71 bits per heavy atom. The van der Waals surface area contributed by atoms with Crippen molar-refractivity contribution in [3.8, 4) is 0 Å². The molecule has 0 unspecified atom stereocenters. The average Bonchev–Trinajstić information content (AvgIpc) is 2.64. The number of rotatable bonds is 6. The molecule has 3 heteroatoms. The fraction of sp³-hybridized carbons (Fsp3) is 0.273. The van der Waals surface area contributed by atoms with Crippen LogP contribution in [0.3, 0.4) is 0 Å². The van der Waals surface area contributed by atoms with Crippen LogP contribution in [-0.2, 0) is 4.74 Å². The van der Waals surface area contributed by atoms with Crippen LogP contribution in [0.25, 0.3) is 0 Å². The van der Waals surface area contributed by atoms with Crippen molar-refractivity contribution in [2.24, 2.45) is 0 Å². The standard InChI is InChI=1S/C11H13BO2/c1-3-4-11(14-7-9(2)12)10-5-6-13-8-10/h3,5-6,8,11H,1-2,4,7H2/t11-/m1/s1. The Morgan fingerprint density at radius 3 is 3.00 bits per heavy atom. The second kappa shape index (κ2) is 5.50. The van der Waals surface area contributed by atoms with E-state index in [0.29, 0.717) is 12.1 Å². The van der Waals surface area contributed by atoms with Gasteiger partial charge in [0.15, 0.2) is 0 Å². The fourth-order valence-electron chi connectivity index (χ4n) is 1.12. The number of furan rings is 1. The molecular formula is C11H13BO2. The summed E-state index contributed by atoms with van der Waals surface area (Å²) in [5, 5.41) is 0. The molecule has 0 N–H and O–H groups in total. The lowest BCUT2D eigenvalue weighted by atomic mass is 9.99. The van der Waals surface area contributed by atoms with Gasteiger partial charge >= 0.3 is 0 Å². The maximum Gasteiger partial charge on any atom is 0.110 e. The van der Waals surface area contributed by atoms with Crippen molar-refractivity contribution < 1.29 is 9.15 Å². The molecule has 2 nitrogen and oxygen atoms in total. The van der Waals surface area contributed by atoms with Crippen molar-refractivity contribution in [3.05, 3.63) is 48.9 Å². The van der Waals surface area contributed by atoms with Gasteiger partial charge in [0.1, 0.15) is 7.85 Å². The third kappa shape index (κ3) is 3.26. The quantitative estimate of drug-likeness (QED) is 0.505. The molecule has 1 aromatic heterocycles. The SMILES string of the molecule is [B]C(=C)CO[C@H](CC=C)c1ccoc1. The fourth-order valence-corrected chi connectivity index (χ4v) is 1.12. The zero-order valence-electron chi connectivity index (χ0n) is 8.11. The lowest BCUT2D eigenvalue weighted by Crippen LogP contribution is -2.05. The first-order chi connectivity index (χ1) is 6.74. The molecule has 0 aliphatic heterocycles. The third-order valence-electron chi connectivity index (χ3n) is 1.77. The van der Waals surface area contributed by atoms with Crippen LogP contribution < -0.4 is 0 Å². The monoisotopic (exact) mass is 188 g/mol. The summed E-state index contributed by atoms with van der Waals surface area (Å²) in [4.78, 5) is 0. The highest BCUT2D eigenvalue weighted by Crippen LogP contribution is 2.22. The zero-order valence-corrected chi connectivity index (χ0v) is 8.11. The van der Waals surface area contributed by atoms with Gasteiger partial charge in [0.05, 0.1) is 25.2 Å². The maximum atomic E-state index is 5.53. The summed E-state index contributed by atoms with van der Waals surface area (Å²) in [5.41, 5.74) is 1.51. The summed E-state index contributed by atoms with van der Waals surface area (Å²) in [6.07, 6.45) is 5.76. The van der Waals surface area contributed by atoms with Crippen LogP contribution in [0.5, 0.6) is 0 Å². The molecule has 0 bridgehead atoms. The van der Waals surface area contributed by atoms with Crippen LogP contribution in [0.15, 0.2) is 47.7 Å². The van der Waals surface area contributed by atoms with Gasteiger partial charge in [0, 0.05) is 5.56 Å². The van der Waals surface area contributed by atoms with Crippen molar-refractivity contribution in [2.75, 3.05) is 6.61 Å². The van der Waals surface area contributed by atoms with Crippen LogP contribution >= 0.6 is 0 Å². The molecule has 1 rings (SSSR count). The molecule has 1 heterocycles. The first-order valence-corrected chi connectivity index (χ1v) is 4.42. The van der Waals surface area contributed by atoms with Crippen LogP contribution in [-0.4, -0.2) is 14.5 Å². The highest BCUT2D eigenvalue weighted by molar-refractivity contribution is 6.21. The lowest BCUT2D eigenvalue weighted by molar-refractivity contribution is 0.0743. The lowest BCUT2D eigenvalue weighted by Gasteiger charge is -2.14. The summed E-state index contributed by atoms with van der Waals surface area (Å²) >= 11 is 0. The van der Waals surface area contributed by atoms with E-state index in [2.05, 4.69) is 13.2 Å². The molecule has 1 aromatic rings. The molecule has 0 aliphatic carbocycles. The molecule has 0 spiro atoms. The van der Waals surface area contributed by atoms with E-state index < -0.39 is 0 Å². The Labute approximate surface area is 85.7 Å². The number of hydrogen-bond donors (Lipinski definition) is 0. The minimum absolute atomic E-state index is 0.0495. The molecule has 0 saturated heterocycles. The second-order valence-corrected chi connectivity index (χ2v) is 3.04. The van der Waals surface area contributed by atoms with Gasteiger partial charge in [-0.3, -0.25) is 0 Å². The Bertz CT molecular complexity index is 290. The van der Waals surface area contributed by atoms with Gasteiger partial charge in [-0.05, 0) is 12.5 Å². The smallest absolute Gasteiger partial charge is 0.110 e. The molecule has 72 valence electrons. The van der Waals surface area contributed by atoms with E-state index in [9.17, 15) is 0 Å². The van der Waals surface area contributed by atoms with E-state index in [1.54, 1.807) is 18.6 Å². The van der Waals surface area contributed by atoms with E-state index in [1.807, 2.05) is 6.07 Å². The first kappa shape index (κ1) is 10.9. The Kier molecular flexibility index (Phi) is 4.27. The maximum absolute atomic E-state index is 5.53. The van der Waals surface area contributed by atoms with Crippen LogP contribution in [0, 0.1) is 0 Å². The van der Waals surface area contributed by atoms with Gasteiger partial charge in [-0.15, -0.1) is 18.6 Å². The zero-order chi connectivity index (χ0) is 10.4. The van der Waals surface area contributed by atoms with Crippen molar-refractivity contribution in [1.82, 2.24) is 0 Å². The minimum Gasteiger partial charge on any atom is -0.472 e. The van der Waals surface area contributed by atoms with Crippen LogP contribution in [0.1, 0.15) is 18.1 Å². The van der Waals surface area contributed by atoms with Gasteiger partial charge in [-0.1, -0.05) is 6.08 Å². The molecule has 14 heavy (non-hydrogen) atoms. The van der Waals surface area contributed by atoms with Crippen molar-refractivity contribution >= 4 is 7.85 Å². The molecule has 0 aromatic carbocycles. The van der Waals surface area contributed by atoms with Gasteiger partial charge in [-0.25, -0.2) is 0 Å². The van der Waals surface area contributed by atoms with Crippen LogP contribution in [0.4, 0.5) is 0 Å². The minimum atomic E-state index is -0.0495. The average molecular weight is 188 g/mol. The second-order valence-electron chi connectivity index (χ2n) is 3.04. The highest BCUT2D eigenvalue weighted by Gasteiger charge is 2.10. The van der Waals surface area contributed by atoms with Gasteiger partial charge < -0.3 is 9.15 Å². The summed E-state index contributed by atoms with van der Waals surface area (Å²) in [6.45, 7) is 7.60. The van der Waals surface area contributed by atoms with Crippen molar-refractivity contribution in [2.45, 2.75) is 12.5 Å². The molecule has 1 atom stereocenters. The molecule has 0 aliphatic rings. The summed E-state index contributed by atoms with van der Waals surface area (Å²) < 4.78 is 10.5. The summed E-state index contributed by atoms with van der Waals surface area (Å²) in [7, 11) is 5.42. The first-order valence-electron chi connectivity index (χ1n) is 4.42. The normalized spacial score (nSPS) is 12.3. The Hall–Kier alpha value is -1.22. The van der Waals surface area contributed by atoms with E-state index >= 15 is 0 Å². The van der Waals surface area contributed by atoms with E-state index in [4.69, 9.17) is 17.0 Å². The molecule has 0 fully saturated rings. The predicted molar refractivity (Wildman–Crippen MR) is 57.1 cm³/mol. The largest absolute Gasteiger partial charge is 0.472 e. The summed E-state index contributed by atoms with van der Waals surface area (Å²) in [6, 6.07) is 1.87. The van der Waals surface area contributed by atoms with Gasteiger partial charge in [-0.2, -0.15) is 0 Å². The van der Waals surface area contributed by atoms with E-state index in [1.165, 1.54) is 0 Å². The summed E-state index contributed by atoms with van der Waals surface area (Å²) in [5.74, 6) is 0. The highest BCUT2D eigenvalue weighted by atomic mass is 16.5. The topological polar surface area (TPSA) is 22.4 Å².